The molecule has 0 aliphatic carbocycles. The molecule has 0 spiro atoms. The molecule has 0 unspecified atom stereocenters. The molecule has 4 heteroatoms. The Morgan fingerprint density at radius 1 is 1.13 bits per heavy atom. The molecule has 0 amide bonds. The van der Waals surface area contributed by atoms with Crippen molar-refractivity contribution in [2.75, 3.05) is 0 Å². The summed E-state index contributed by atoms with van der Waals surface area (Å²) in [6, 6.07) is 9.96. The van der Waals surface area contributed by atoms with Gasteiger partial charge in [0.2, 0.25) is 0 Å². The summed E-state index contributed by atoms with van der Waals surface area (Å²) in [7, 11) is 0. The van der Waals surface area contributed by atoms with Crippen molar-refractivity contribution in [2.45, 2.75) is 0 Å². The van der Waals surface area contributed by atoms with Gasteiger partial charge in [-0.15, -0.1) is 0 Å². The molecular weight excluding hydrogens is 403 g/mol. The maximum absolute atomic E-state index is 10.8. The van der Waals surface area contributed by atoms with Crippen molar-refractivity contribution in [2.24, 2.45) is 0 Å². The Hall–Kier alpha value is -0.433. The second-order valence-corrected chi connectivity index (χ2v) is 2.97. The molecule has 2 aromatic carbocycles. The van der Waals surface area contributed by atoms with Gasteiger partial charge in [-0.3, -0.25) is 0 Å². The summed E-state index contributed by atoms with van der Waals surface area (Å²) >= 11 is 0. The van der Waals surface area contributed by atoms with Crippen LogP contribution in [-0.2, 0) is 0 Å². The maximum Gasteiger partial charge on any atom is 1.00 e. The molecule has 2 rings (SSSR count). The third-order valence-corrected chi connectivity index (χ3v) is 2.11. The number of carboxylic acids is 1. The molecular formula is C11H7FrO3. The van der Waals surface area contributed by atoms with Crippen LogP contribution in [0.1, 0.15) is 10.4 Å². The first-order valence-electron chi connectivity index (χ1n) is 4.12. The first kappa shape index (κ1) is 12.6. The van der Waals surface area contributed by atoms with Gasteiger partial charge < -0.3 is 15.0 Å². The number of aromatic hydroxyl groups is 1. The topological polar surface area (TPSA) is 60.4 Å². The molecule has 0 aliphatic rings. The Balaban J connectivity index is 0.00000112. The van der Waals surface area contributed by atoms with E-state index < -0.39 is 5.97 Å². The van der Waals surface area contributed by atoms with Crippen LogP contribution in [0.2, 0.25) is 0 Å². The SMILES string of the molecule is O=C([O-])c1c(O)ccc2ccccc12.[Fr+]. The zero-order chi connectivity index (χ0) is 10.1. The molecule has 1 N–H and O–H groups in total. The summed E-state index contributed by atoms with van der Waals surface area (Å²) in [6.07, 6.45) is 0. The normalized spacial score (nSPS) is 9.60. The van der Waals surface area contributed by atoms with Crippen LogP contribution < -0.4 is 5.11 Å². The minimum atomic E-state index is -1.36. The van der Waals surface area contributed by atoms with Gasteiger partial charge in [0.05, 0.1) is 5.97 Å². The summed E-state index contributed by atoms with van der Waals surface area (Å²) < 4.78 is 0. The largest absolute Gasteiger partial charge is 1.00 e. The molecule has 0 heterocycles. The summed E-state index contributed by atoms with van der Waals surface area (Å²) in [4.78, 5) is 10.8. The Morgan fingerprint density at radius 2 is 1.80 bits per heavy atom. The molecule has 0 bridgehead atoms. The quantitative estimate of drug-likeness (QED) is 0.761. The van der Waals surface area contributed by atoms with E-state index in [1.807, 2.05) is 0 Å². The van der Waals surface area contributed by atoms with Gasteiger partial charge in [-0.2, -0.15) is 0 Å². The van der Waals surface area contributed by atoms with Crippen molar-refractivity contribution < 1.29 is 64.9 Å². The van der Waals surface area contributed by atoms with E-state index in [1.54, 1.807) is 30.3 Å². The van der Waals surface area contributed by atoms with Crippen LogP contribution in [0.4, 0.5) is 0 Å². The second kappa shape index (κ2) is 5.07. The predicted molar refractivity (Wildman–Crippen MR) is 49.9 cm³/mol. The number of hydrogen-bond acceptors (Lipinski definition) is 3. The van der Waals surface area contributed by atoms with Gasteiger partial charge >= 0.3 is 49.9 Å². The minimum absolute atomic E-state index is 0. The monoisotopic (exact) mass is 410 g/mol. The van der Waals surface area contributed by atoms with E-state index in [1.165, 1.54) is 6.07 Å². The van der Waals surface area contributed by atoms with E-state index in [0.717, 1.165) is 5.39 Å². The number of aromatic carboxylic acids is 1. The van der Waals surface area contributed by atoms with Crippen molar-refractivity contribution in [1.29, 1.82) is 0 Å². The Labute approximate surface area is 128 Å². The smallest absolute Gasteiger partial charge is 0.545 e. The predicted octanol–water partition coefficient (Wildman–Crippen LogP) is 0.909. The molecule has 3 nitrogen and oxygen atoms in total. The van der Waals surface area contributed by atoms with Gasteiger partial charge in [0.25, 0.3) is 0 Å². The third kappa shape index (κ3) is 2.39. The van der Waals surface area contributed by atoms with E-state index in [9.17, 15) is 15.0 Å². The van der Waals surface area contributed by atoms with E-state index in [4.69, 9.17) is 0 Å². The van der Waals surface area contributed by atoms with Gasteiger partial charge in [-0.1, -0.05) is 30.3 Å². The van der Waals surface area contributed by atoms with Crippen LogP contribution in [0.15, 0.2) is 36.4 Å². The van der Waals surface area contributed by atoms with Crippen LogP contribution in [0.3, 0.4) is 0 Å². The standard InChI is InChI=1S/C11H8O3.Fr/c12-9-6-5-7-3-1-2-4-8(7)10(9)11(13)14;/h1-6,12H,(H,13,14);/q;+1/p-1. The first-order chi connectivity index (χ1) is 6.70. The first-order valence-corrected chi connectivity index (χ1v) is 4.12. The zero-order valence-electron chi connectivity index (χ0n) is 8.23. The molecule has 15 heavy (non-hydrogen) atoms. The van der Waals surface area contributed by atoms with Gasteiger partial charge in [-0.25, -0.2) is 0 Å². The summed E-state index contributed by atoms with van der Waals surface area (Å²) in [6.45, 7) is 0. The van der Waals surface area contributed by atoms with Crippen molar-refractivity contribution in [3.05, 3.63) is 42.0 Å². The number of fused-ring (bicyclic) bond motifs is 1. The molecule has 0 aromatic heterocycles. The molecule has 0 saturated heterocycles. The van der Waals surface area contributed by atoms with E-state index in [-0.39, 0.29) is 61.2 Å². The van der Waals surface area contributed by atoms with Crippen molar-refractivity contribution in [3.8, 4) is 5.75 Å². The van der Waals surface area contributed by atoms with Gasteiger partial charge in [-0.05, 0) is 16.8 Å². The van der Waals surface area contributed by atoms with Crippen LogP contribution in [0, 0.1) is 49.9 Å². The molecule has 0 aliphatic heterocycles. The average molecular weight is 410 g/mol. The molecule has 0 radical (unpaired) electrons. The molecule has 0 atom stereocenters. The number of hydrogen-bond donors (Lipinski definition) is 1. The molecule has 2 aromatic rings. The van der Waals surface area contributed by atoms with Crippen molar-refractivity contribution in [3.63, 3.8) is 0 Å². The van der Waals surface area contributed by atoms with Crippen LogP contribution in [0.25, 0.3) is 10.8 Å². The number of carbonyl (C=O) groups is 1. The molecule has 70 valence electrons. The van der Waals surface area contributed by atoms with E-state index in [2.05, 4.69) is 0 Å². The Morgan fingerprint density at radius 3 is 2.47 bits per heavy atom. The van der Waals surface area contributed by atoms with Crippen LogP contribution >= 0.6 is 0 Å². The number of carbonyl (C=O) groups excluding carboxylic acids is 1. The summed E-state index contributed by atoms with van der Waals surface area (Å²) in [5, 5.41) is 21.4. The van der Waals surface area contributed by atoms with E-state index >= 15 is 0 Å². The van der Waals surface area contributed by atoms with Gasteiger partial charge in [0.15, 0.2) is 0 Å². The average Bonchev–Trinajstić information content (AvgIpc) is 2.17. The maximum atomic E-state index is 10.8. The Kier molecular flexibility index (Phi) is 4.27. The van der Waals surface area contributed by atoms with Crippen molar-refractivity contribution in [1.82, 2.24) is 0 Å². The number of carboxylic acid groups (broad SMARTS) is 1. The van der Waals surface area contributed by atoms with Gasteiger partial charge in [0.1, 0.15) is 5.75 Å². The summed E-state index contributed by atoms with van der Waals surface area (Å²) in [5.41, 5.74) is -0.150. The van der Waals surface area contributed by atoms with Gasteiger partial charge in [0, 0.05) is 5.56 Å². The number of phenols is 1. The molecule has 0 fully saturated rings. The fraction of sp³-hybridized carbons (Fsp3) is 0. The zero-order valence-corrected chi connectivity index (χ0v) is 16.4. The fourth-order valence-electron chi connectivity index (χ4n) is 1.47. The second-order valence-electron chi connectivity index (χ2n) is 2.97. The minimum Gasteiger partial charge on any atom is -0.545 e. The van der Waals surface area contributed by atoms with Crippen LogP contribution in [0.5, 0.6) is 5.75 Å². The number of benzene rings is 2. The Bertz CT molecular complexity index is 508. The summed E-state index contributed by atoms with van der Waals surface area (Å²) in [5.74, 6) is -1.62. The van der Waals surface area contributed by atoms with Crippen molar-refractivity contribution >= 4 is 16.7 Å². The third-order valence-electron chi connectivity index (χ3n) is 2.11. The fourth-order valence-corrected chi connectivity index (χ4v) is 1.47. The van der Waals surface area contributed by atoms with Crippen LogP contribution in [-0.4, -0.2) is 11.1 Å². The van der Waals surface area contributed by atoms with E-state index in [0.29, 0.717) is 5.39 Å². The molecule has 0 saturated carbocycles. The number of rotatable bonds is 1.